The molecule has 4 nitrogen and oxygen atoms in total. The number of sulfonamides is 1. The lowest BCUT2D eigenvalue weighted by Gasteiger charge is -2.36. The number of nitrogens with two attached hydrogens (primary N) is 1. The van der Waals surface area contributed by atoms with Crippen molar-refractivity contribution in [1.82, 2.24) is 4.41 Å². The van der Waals surface area contributed by atoms with Gasteiger partial charge in [-0.1, -0.05) is 16.0 Å². The Morgan fingerprint density at radius 2 is 1.61 bits per heavy atom. The number of hydrogen-bond donors (Lipinski definition) is 1. The Labute approximate surface area is 130 Å². The maximum Gasteiger partial charge on any atom is 0.429 e. The predicted molar refractivity (Wildman–Crippen MR) is 65.1 cm³/mol. The summed E-state index contributed by atoms with van der Waals surface area (Å²) in [6, 6.07) is -4.40. The van der Waals surface area contributed by atoms with E-state index in [0.717, 1.165) is 0 Å². The van der Waals surface area contributed by atoms with Crippen LogP contribution >= 0.6 is 11.6 Å². The number of alkyl halides is 6. The topological polar surface area (TPSA) is 63.4 Å². The fourth-order valence-corrected chi connectivity index (χ4v) is 2.59. The summed E-state index contributed by atoms with van der Waals surface area (Å²) in [5.41, 5.74) is -5.30. The highest BCUT2D eigenvalue weighted by atomic mass is 35.5. The Hall–Kier alpha value is -1.11. The molecular weight excluding hydrogens is 381 g/mol. The summed E-state index contributed by atoms with van der Waals surface area (Å²) in [4.78, 5) is -1.24. The monoisotopic (exact) mass is 388 g/mol. The van der Waals surface area contributed by atoms with E-state index in [0.29, 0.717) is 12.1 Å². The second kappa shape index (κ2) is 5.76. The summed E-state index contributed by atoms with van der Waals surface area (Å²) < 4.78 is 113. The lowest BCUT2D eigenvalue weighted by molar-refractivity contribution is -0.322. The Morgan fingerprint density at radius 3 is 2.00 bits per heavy atom. The maximum absolute atomic E-state index is 13.7. The Balaban J connectivity index is 3.41. The molecule has 0 aliphatic rings. The van der Waals surface area contributed by atoms with Crippen LogP contribution in [0.1, 0.15) is 6.92 Å². The van der Waals surface area contributed by atoms with E-state index in [9.17, 15) is 39.2 Å². The second-order valence-corrected chi connectivity index (χ2v) is 6.64. The number of rotatable bonds is 4. The summed E-state index contributed by atoms with van der Waals surface area (Å²) in [6.07, 6.45) is -6.13. The maximum atomic E-state index is 13.7. The van der Waals surface area contributed by atoms with Crippen LogP contribution in [0.5, 0.6) is 0 Å². The van der Waals surface area contributed by atoms with Crippen LogP contribution in [-0.4, -0.2) is 30.7 Å². The van der Waals surface area contributed by atoms with Crippen molar-refractivity contribution in [3.63, 3.8) is 0 Å². The van der Waals surface area contributed by atoms with Gasteiger partial charge in [0.2, 0.25) is 0 Å². The largest absolute Gasteiger partial charge is 0.429 e. The van der Waals surface area contributed by atoms with E-state index in [1.54, 1.807) is 0 Å². The molecule has 0 fully saturated rings. The molecule has 132 valence electrons. The predicted octanol–water partition coefficient (Wildman–Crippen LogP) is 3.23. The standard InChI is InChI=1S/C10H8ClF7N2O2S/c1-8(13,9(14,15)16)10(17,18)20(19)23(21,22)5-2-3-6(11)7(12)4-5/h2-4H,19H2,1H3. The first kappa shape index (κ1) is 19.9. The van der Waals surface area contributed by atoms with E-state index in [-0.39, 0.29) is 6.07 Å². The molecule has 0 aliphatic carbocycles. The third kappa shape index (κ3) is 3.25. The van der Waals surface area contributed by atoms with Gasteiger partial charge in [0.05, 0.1) is 9.92 Å². The summed E-state index contributed by atoms with van der Waals surface area (Å²) in [5, 5.41) is -0.579. The fraction of sp³-hybridized carbons (Fsp3) is 0.400. The molecule has 0 bridgehead atoms. The average molecular weight is 389 g/mol. The van der Waals surface area contributed by atoms with Crippen molar-refractivity contribution in [2.24, 2.45) is 5.84 Å². The molecule has 0 saturated heterocycles. The third-order valence-corrected chi connectivity index (χ3v) is 4.73. The molecule has 23 heavy (non-hydrogen) atoms. The van der Waals surface area contributed by atoms with E-state index >= 15 is 0 Å². The van der Waals surface area contributed by atoms with Gasteiger partial charge in [-0.3, -0.25) is 0 Å². The molecule has 1 unspecified atom stereocenters. The minimum Gasteiger partial charge on any atom is -0.249 e. The number of hydrogen-bond acceptors (Lipinski definition) is 3. The normalized spacial score (nSPS) is 16.5. The van der Waals surface area contributed by atoms with Gasteiger partial charge < -0.3 is 0 Å². The van der Waals surface area contributed by atoms with Crippen molar-refractivity contribution in [2.45, 2.75) is 29.7 Å². The molecule has 0 aliphatic heterocycles. The van der Waals surface area contributed by atoms with Gasteiger partial charge in [0.25, 0.3) is 15.7 Å². The van der Waals surface area contributed by atoms with Crippen molar-refractivity contribution >= 4 is 21.6 Å². The highest BCUT2D eigenvalue weighted by Crippen LogP contribution is 2.47. The molecule has 1 aromatic carbocycles. The third-order valence-electron chi connectivity index (χ3n) is 2.82. The van der Waals surface area contributed by atoms with Crippen LogP contribution in [0.3, 0.4) is 0 Å². The molecule has 1 aromatic rings. The molecule has 1 atom stereocenters. The van der Waals surface area contributed by atoms with Gasteiger partial charge in [-0.05, 0) is 25.1 Å². The van der Waals surface area contributed by atoms with Gasteiger partial charge >= 0.3 is 12.2 Å². The van der Waals surface area contributed by atoms with Crippen LogP contribution in [0.25, 0.3) is 0 Å². The molecule has 1 rings (SSSR count). The summed E-state index contributed by atoms with van der Waals surface area (Å²) >= 11 is 5.26. The molecule has 0 radical (unpaired) electrons. The number of nitrogens with zero attached hydrogens (tertiary/aromatic N) is 1. The van der Waals surface area contributed by atoms with Crippen LogP contribution in [0.15, 0.2) is 23.1 Å². The lowest BCUT2D eigenvalue weighted by atomic mass is 10.1. The Morgan fingerprint density at radius 1 is 1.13 bits per heavy atom. The van der Waals surface area contributed by atoms with Crippen molar-refractivity contribution in [1.29, 1.82) is 0 Å². The molecule has 0 saturated carbocycles. The van der Waals surface area contributed by atoms with Gasteiger partial charge in [0.1, 0.15) is 5.82 Å². The number of hydrazine groups is 1. The zero-order valence-electron chi connectivity index (χ0n) is 11.0. The van der Waals surface area contributed by atoms with Crippen LogP contribution in [0, 0.1) is 5.82 Å². The SMILES string of the molecule is CC(F)(C(F)(F)F)C(F)(F)N(N)S(=O)(=O)c1ccc(Cl)c(F)c1. The molecular formula is C10H8ClF7N2O2S. The van der Waals surface area contributed by atoms with Gasteiger partial charge in [-0.15, -0.1) is 0 Å². The van der Waals surface area contributed by atoms with Crippen LogP contribution < -0.4 is 5.84 Å². The van der Waals surface area contributed by atoms with Crippen LogP contribution in [0.4, 0.5) is 30.7 Å². The summed E-state index contributed by atoms with van der Waals surface area (Å²) in [7, 11) is -5.56. The Bertz CT molecular complexity index is 706. The minimum absolute atomic E-state index is 0.150. The zero-order valence-corrected chi connectivity index (χ0v) is 12.6. The average Bonchev–Trinajstić information content (AvgIpc) is 2.39. The summed E-state index contributed by atoms with van der Waals surface area (Å²) in [6.45, 7) is -0.579. The number of halogens is 8. The molecule has 0 aromatic heterocycles. The zero-order chi connectivity index (χ0) is 18.4. The first-order valence-corrected chi connectivity index (χ1v) is 7.27. The van der Waals surface area contributed by atoms with E-state index < -0.39 is 55.0 Å². The number of benzene rings is 1. The highest BCUT2D eigenvalue weighted by Gasteiger charge is 2.72. The van der Waals surface area contributed by atoms with Crippen molar-refractivity contribution in [3.8, 4) is 0 Å². The van der Waals surface area contributed by atoms with Crippen LogP contribution in [-0.2, 0) is 10.0 Å². The summed E-state index contributed by atoms with van der Waals surface area (Å²) in [5.74, 6) is 3.17. The fourth-order valence-electron chi connectivity index (χ4n) is 1.28. The minimum atomic E-state index is -6.13. The first-order chi connectivity index (χ1) is 10.1. The van der Waals surface area contributed by atoms with Crippen molar-refractivity contribution in [2.75, 3.05) is 0 Å². The second-order valence-electron chi connectivity index (χ2n) is 4.42. The lowest BCUT2D eigenvalue weighted by Crippen LogP contribution is -2.65. The quantitative estimate of drug-likeness (QED) is 0.373. The van der Waals surface area contributed by atoms with E-state index in [4.69, 9.17) is 11.6 Å². The van der Waals surface area contributed by atoms with E-state index in [1.165, 1.54) is 0 Å². The van der Waals surface area contributed by atoms with Crippen molar-refractivity contribution < 1.29 is 39.2 Å². The van der Waals surface area contributed by atoms with Gasteiger partial charge in [0, 0.05) is 0 Å². The van der Waals surface area contributed by atoms with Crippen LogP contribution in [0.2, 0.25) is 5.02 Å². The van der Waals surface area contributed by atoms with E-state index in [1.807, 2.05) is 0 Å². The molecule has 0 heterocycles. The van der Waals surface area contributed by atoms with Gasteiger partial charge in [0.15, 0.2) is 0 Å². The molecule has 0 spiro atoms. The Kier molecular flexibility index (Phi) is 4.99. The van der Waals surface area contributed by atoms with Gasteiger partial charge in [-0.25, -0.2) is 23.0 Å². The van der Waals surface area contributed by atoms with Gasteiger partial charge in [-0.2, -0.15) is 22.0 Å². The molecule has 0 amide bonds. The smallest absolute Gasteiger partial charge is 0.249 e. The molecule has 13 heteroatoms. The molecule has 2 N–H and O–H groups in total. The van der Waals surface area contributed by atoms with E-state index in [2.05, 4.69) is 5.84 Å². The highest BCUT2D eigenvalue weighted by molar-refractivity contribution is 7.89. The first-order valence-electron chi connectivity index (χ1n) is 5.45. The van der Waals surface area contributed by atoms with Crippen molar-refractivity contribution in [3.05, 3.63) is 29.0 Å².